The number of fused-ring (bicyclic) bond motifs is 2. The summed E-state index contributed by atoms with van der Waals surface area (Å²) in [6.45, 7) is 0.320. The molecule has 4 aromatic rings. The number of carbonyl (C=O) groups excluding carboxylic acids is 1. The molecule has 2 heterocycles. The summed E-state index contributed by atoms with van der Waals surface area (Å²) in [7, 11) is -3.02. The van der Waals surface area contributed by atoms with Gasteiger partial charge < -0.3 is 5.32 Å². The van der Waals surface area contributed by atoms with Crippen LogP contribution in [-0.4, -0.2) is 48.1 Å². The van der Waals surface area contributed by atoms with E-state index >= 15 is 0 Å². The molecule has 7 nitrogen and oxygen atoms in total. The first-order valence-electron chi connectivity index (χ1n) is 9.66. The summed E-state index contributed by atoms with van der Waals surface area (Å²) < 4.78 is 22.4. The molecule has 0 aliphatic heterocycles. The zero-order valence-corrected chi connectivity index (χ0v) is 17.4. The van der Waals surface area contributed by atoms with Crippen molar-refractivity contribution in [2.24, 2.45) is 0 Å². The minimum absolute atomic E-state index is 0.0588. The predicted octanol–water partition coefficient (Wildman–Crippen LogP) is 2.87. The van der Waals surface area contributed by atoms with Crippen LogP contribution in [0.5, 0.6) is 0 Å². The monoisotopic (exact) mass is 422 g/mol. The third-order valence-corrected chi connectivity index (χ3v) is 5.96. The molecule has 2 aromatic carbocycles. The second-order valence-electron chi connectivity index (χ2n) is 7.35. The van der Waals surface area contributed by atoms with E-state index in [1.807, 2.05) is 36.4 Å². The molecule has 30 heavy (non-hydrogen) atoms. The molecular weight excluding hydrogens is 400 g/mol. The number of aromatic nitrogens is 3. The van der Waals surface area contributed by atoms with E-state index < -0.39 is 9.84 Å². The van der Waals surface area contributed by atoms with E-state index in [-0.39, 0.29) is 11.7 Å². The summed E-state index contributed by atoms with van der Waals surface area (Å²) in [5.74, 6) is -0.144. The van der Waals surface area contributed by atoms with Gasteiger partial charge in [-0.1, -0.05) is 30.3 Å². The number of hydrogen-bond acceptors (Lipinski definition) is 5. The van der Waals surface area contributed by atoms with Crippen molar-refractivity contribution in [2.45, 2.75) is 12.8 Å². The summed E-state index contributed by atoms with van der Waals surface area (Å²) in [5.41, 5.74) is 4.31. The molecule has 2 N–H and O–H groups in total. The van der Waals surface area contributed by atoms with E-state index in [1.54, 1.807) is 12.3 Å². The molecule has 0 bridgehead atoms. The number of benzene rings is 2. The van der Waals surface area contributed by atoms with Gasteiger partial charge in [0.1, 0.15) is 20.9 Å². The molecule has 0 atom stereocenters. The molecule has 0 spiro atoms. The molecule has 0 saturated heterocycles. The van der Waals surface area contributed by atoms with Crippen LogP contribution in [0.25, 0.3) is 21.8 Å². The van der Waals surface area contributed by atoms with Crippen molar-refractivity contribution in [2.75, 3.05) is 18.6 Å². The highest BCUT2D eigenvalue weighted by molar-refractivity contribution is 7.90. The van der Waals surface area contributed by atoms with Crippen LogP contribution < -0.4 is 5.32 Å². The maximum Gasteiger partial charge on any atom is 0.251 e. The molecule has 154 valence electrons. The number of H-pyrrole nitrogens is 1. The van der Waals surface area contributed by atoms with Gasteiger partial charge >= 0.3 is 0 Å². The molecule has 0 aliphatic carbocycles. The van der Waals surface area contributed by atoms with E-state index in [0.29, 0.717) is 24.9 Å². The molecule has 0 aliphatic rings. The molecule has 4 rings (SSSR count). The smallest absolute Gasteiger partial charge is 0.251 e. The molecule has 0 unspecified atom stereocenters. The average molecular weight is 423 g/mol. The zero-order chi connectivity index (χ0) is 21.1. The minimum Gasteiger partial charge on any atom is -0.352 e. The van der Waals surface area contributed by atoms with Gasteiger partial charge in [0.2, 0.25) is 0 Å². The maximum absolute atomic E-state index is 12.6. The molecule has 1 amide bonds. The standard InChI is InChI=1S/C22H22N4O3S/c1-30(28,29)12-4-11-24-22(27)18-6-2-5-16-13-15(8-9-17(16)18)14-20-21-19(25-26-20)7-3-10-23-21/h2-3,5-10,13H,4,11-12,14H2,1H3,(H,24,27)(H,25,26). The Bertz CT molecular complexity index is 1330. The highest BCUT2D eigenvalue weighted by atomic mass is 32.2. The minimum atomic E-state index is -3.02. The van der Waals surface area contributed by atoms with E-state index in [1.165, 1.54) is 6.26 Å². The first-order chi connectivity index (χ1) is 14.4. The van der Waals surface area contributed by atoms with Crippen LogP contribution in [0.3, 0.4) is 0 Å². The number of carbonyl (C=O) groups is 1. The number of sulfone groups is 1. The lowest BCUT2D eigenvalue weighted by molar-refractivity contribution is 0.0955. The quantitative estimate of drug-likeness (QED) is 0.446. The highest BCUT2D eigenvalue weighted by Crippen LogP contribution is 2.23. The van der Waals surface area contributed by atoms with Crippen LogP contribution in [-0.2, 0) is 16.3 Å². The first kappa shape index (κ1) is 20.0. The number of nitrogens with one attached hydrogen (secondary N) is 2. The number of amides is 1. The lowest BCUT2D eigenvalue weighted by atomic mass is 9.99. The molecule has 8 heteroatoms. The van der Waals surface area contributed by atoms with Crippen LogP contribution in [0, 0.1) is 0 Å². The van der Waals surface area contributed by atoms with Crippen LogP contribution >= 0.6 is 0 Å². The van der Waals surface area contributed by atoms with Crippen molar-refractivity contribution in [3.8, 4) is 0 Å². The summed E-state index contributed by atoms with van der Waals surface area (Å²) in [6.07, 6.45) is 4.00. The number of hydrogen-bond donors (Lipinski definition) is 2. The van der Waals surface area contributed by atoms with Gasteiger partial charge in [0.25, 0.3) is 5.91 Å². The van der Waals surface area contributed by atoms with Crippen LogP contribution in [0.4, 0.5) is 0 Å². The Hall–Kier alpha value is -3.26. The van der Waals surface area contributed by atoms with Crippen molar-refractivity contribution >= 4 is 37.6 Å². The summed E-state index contributed by atoms with van der Waals surface area (Å²) >= 11 is 0. The Morgan fingerprint density at radius 2 is 2.00 bits per heavy atom. The van der Waals surface area contributed by atoms with Gasteiger partial charge in [0, 0.05) is 31.0 Å². The molecule has 0 fully saturated rings. The Kier molecular flexibility index (Phi) is 5.50. The summed E-state index contributed by atoms with van der Waals surface area (Å²) in [4.78, 5) is 17.0. The lowest BCUT2D eigenvalue weighted by Gasteiger charge is -2.09. The molecule has 0 saturated carbocycles. The van der Waals surface area contributed by atoms with Gasteiger partial charge in [-0.05, 0) is 41.0 Å². The predicted molar refractivity (Wildman–Crippen MR) is 117 cm³/mol. The van der Waals surface area contributed by atoms with Crippen molar-refractivity contribution in [3.05, 3.63) is 71.5 Å². The fourth-order valence-electron chi connectivity index (χ4n) is 3.50. The second-order valence-corrected chi connectivity index (χ2v) is 9.61. The fourth-order valence-corrected chi connectivity index (χ4v) is 4.17. The first-order valence-corrected chi connectivity index (χ1v) is 11.7. The molecular formula is C22H22N4O3S. The van der Waals surface area contributed by atoms with Gasteiger partial charge in [-0.3, -0.25) is 14.9 Å². The topological polar surface area (TPSA) is 105 Å². The summed E-state index contributed by atoms with van der Waals surface area (Å²) in [6, 6.07) is 15.4. The number of aromatic amines is 1. The van der Waals surface area contributed by atoms with Crippen molar-refractivity contribution in [1.29, 1.82) is 0 Å². The van der Waals surface area contributed by atoms with Crippen LogP contribution in [0.2, 0.25) is 0 Å². The number of rotatable bonds is 7. The van der Waals surface area contributed by atoms with Crippen LogP contribution in [0.15, 0.2) is 54.7 Å². The molecule has 2 aromatic heterocycles. The number of nitrogens with zero attached hydrogens (tertiary/aromatic N) is 2. The summed E-state index contributed by atoms with van der Waals surface area (Å²) in [5, 5.41) is 12.0. The lowest BCUT2D eigenvalue weighted by Crippen LogP contribution is -2.26. The van der Waals surface area contributed by atoms with E-state index in [4.69, 9.17) is 0 Å². The number of pyridine rings is 1. The van der Waals surface area contributed by atoms with Gasteiger partial charge in [0.05, 0.1) is 11.4 Å². The largest absolute Gasteiger partial charge is 0.352 e. The normalized spacial score (nSPS) is 11.8. The fraction of sp³-hybridized carbons (Fsp3) is 0.227. The van der Waals surface area contributed by atoms with Crippen molar-refractivity contribution in [3.63, 3.8) is 0 Å². The Balaban J connectivity index is 1.52. The Morgan fingerprint density at radius 1 is 1.13 bits per heavy atom. The van der Waals surface area contributed by atoms with Crippen LogP contribution in [0.1, 0.15) is 28.0 Å². The SMILES string of the molecule is CS(=O)(=O)CCCNC(=O)c1cccc2cc(Cc3[nH]nc4cccnc34)ccc12. The van der Waals surface area contributed by atoms with Gasteiger partial charge in [0.15, 0.2) is 0 Å². The Morgan fingerprint density at radius 3 is 2.83 bits per heavy atom. The van der Waals surface area contributed by atoms with Crippen molar-refractivity contribution in [1.82, 2.24) is 20.5 Å². The zero-order valence-electron chi connectivity index (χ0n) is 16.6. The molecule has 0 radical (unpaired) electrons. The maximum atomic E-state index is 12.6. The van der Waals surface area contributed by atoms with Crippen molar-refractivity contribution < 1.29 is 13.2 Å². The average Bonchev–Trinajstić information content (AvgIpc) is 3.13. The Labute approximate surface area is 174 Å². The van der Waals surface area contributed by atoms with E-state index in [9.17, 15) is 13.2 Å². The third kappa shape index (κ3) is 4.49. The van der Waals surface area contributed by atoms with Gasteiger partial charge in [-0.25, -0.2) is 8.42 Å². The highest BCUT2D eigenvalue weighted by Gasteiger charge is 2.12. The second kappa shape index (κ2) is 8.23. The third-order valence-electron chi connectivity index (χ3n) is 4.93. The van der Waals surface area contributed by atoms with Gasteiger partial charge in [-0.15, -0.1) is 0 Å². The van der Waals surface area contributed by atoms with Gasteiger partial charge in [-0.2, -0.15) is 5.10 Å². The van der Waals surface area contributed by atoms with E-state index in [0.717, 1.165) is 33.1 Å². The van der Waals surface area contributed by atoms with E-state index in [2.05, 4.69) is 26.6 Å².